The Hall–Kier alpha value is -3.48. The number of primary amides is 1. The van der Waals surface area contributed by atoms with E-state index in [2.05, 4.69) is 41.5 Å². The Morgan fingerprint density at radius 3 is 1.88 bits per heavy atom. The number of carbonyl (C=O) groups excluding carboxylic acids is 2. The molecule has 3 aromatic carbocycles. The number of alkyl halides is 6. The molecule has 6 nitrogen and oxygen atoms in total. The van der Waals surface area contributed by atoms with Crippen LogP contribution in [-0.4, -0.2) is 66.4 Å². The van der Waals surface area contributed by atoms with E-state index >= 15 is 0 Å². The van der Waals surface area contributed by atoms with Gasteiger partial charge in [-0.05, 0) is 80.1 Å². The average Bonchev–Trinajstić information content (AvgIpc) is 3.01. The normalized spacial score (nSPS) is 18.9. The average molecular weight is 732 g/mol. The minimum absolute atomic E-state index is 0.0360. The van der Waals surface area contributed by atoms with Gasteiger partial charge >= 0.3 is 12.4 Å². The fourth-order valence-electron chi connectivity index (χ4n) is 6.62. The van der Waals surface area contributed by atoms with Crippen LogP contribution in [0.25, 0.3) is 0 Å². The Balaban J connectivity index is 0.00000128. The van der Waals surface area contributed by atoms with E-state index in [0.717, 1.165) is 31.7 Å². The number of benzene rings is 3. The third kappa shape index (κ3) is 9.82. The lowest BCUT2D eigenvalue weighted by molar-refractivity contribution is -0.143. The maximum atomic E-state index is 13.8. The molecule has 0 aromatic heterocycles. The summed E-state index contributed by atoms with van der Waals surface area (Å²) in [5.74, 6) is -1.20. The molecule has 3 aromatic rings. The van der Waals surface area contributed by atoms with Gasteiger partial charge in [0.2, 0.25) is 5.91 Å². The van der Waals surface area contributed by atoms with Crippen LogP contribution in [0.15, 0.2) is 54.6 Å². The van der Waals surface area contributed by atoms with Crippen molar-refractivity contribution in [3.05, 3.63) is 98.0 Å². The zero-order valence-corrected chi connectivity index (χ0v) is 28.8. The number of hydrogen-bond acceptors (Lipinski definition) is 4. The van der Waals surface area contributed by atoms with Gasteiger partial charge < -0.3 is 15.5 Å². The van der Waals surface area contributed by atoms with Gasteiger partial charge in [0.1, 0.15) is 0 Å². The minimum atomic E-state index is -5.05. The summed E-state index contributed by atoms with van der Waals surface area (Å²) < 4.78 is 81.5. The van der Waals surface area contributed by atoms with Crippen LogP contribution in [0.5, 0.6) is 0 Å². The number of piperidine rings is 1. The number of amides is 2. The zero-order valence-electron chi connectivity index (χ0n) is 27.3. The van der Waals surface area contributed by atoms with E-state index < -0.39 is 41.0 Å². The first-order chi connectivity index (χ1) is 22.8. The van der Waals surface area contributed by atoms with E-state index in [1.807, 2.05) is 6.07 Å². The number of likely N-dealkylation sites (tertiary alicyclic amines) is 1. The van der Waals surface area contributed by atoms with Gasteiger partial charge in [-0.25, -0.2) is 0 Å². The maximum Gasteiger partial charge on any atom is 0.416 e. The van der Waals surface area contributed by atoms with Gasteiger partial charge in [-0.2, -0.15) is 26.3 Å². The number of para-hydroxylation sites is 1. The molecule has 0 aliphatic carbocycles. The van der Waals surface area contributed by atoms with Crippen LogP contribution >= 0.6 is 23.2 Å². The van der Waals surface area contributed by atoms with Crippen molar-refractivity contribution in [2.45, 2.75) is 64.5 Å². The first-order valence-corrected chi connectivity index (χ1v) is 16.5. The molecule has 0 bridgehead atoms. The number of piperazine rings is 1. The summed E-state index contributed by atoms with van der Waals surface area (Å²) in [5, 5.41) is 0.662. The quantitative estimate of drug-likeness (QED) is 0.269. The van der Waals surface area contributed by atoms with Gasteiger partial charge in [0.25, 0.3) is 5.91 Å². The molecule has 14 heteroatoms. The van der Waals surface area contributed by atoms with Crippen LogP contribution in [0.2, 0.25) is 10.0 Å². The van der Waals surface area contributed by atoms with Crippen LogP contribution in [0, 0.1) is 13.8 Å². The standard InChI is InChI=1S/C33H33Cl2F6N3O.C2H5NO/c1-20-4-3-5-21(2)30(20)43-12-10-42(11-13-43)26-8-9-44(27(19-26)14-22-6-7-28(34)29(35)15-22)31(45)23-16-24(32(36,37)38)18-25(17-23)33(39,40)41;1-2(3)4/h3-7,15-18,26-27H,8-14,19H2,1-2H3;1H3,(H2,3,4). The molecule has 0 saturated carbocycles. The molecular weight excluding hydrogens is 693 g/mol. The number of rotatable bonds is 5. The molecule has 49 heavy (non-hydrogen) atoms. The third-order valence-corrected chi connectivity index (χ3v) is 9.56. The summed E-state index contributed by atoms with van der Waals surface area (Å²) in [7, 11) is 0. The Labute approximate surface area is 291 Å². The van der Waals surface area contributed by atoms with Crippen LogP contribution in [-0.2, 0) is 23.6 Å². The van der Waals surface area contributed by atoms with Crippen molar-refractivity contribution < 1.29 is 35.9 Å². The van der Waals surface area contributed by atoms with Crippen molar-refractivity contribution in [3.63, 3.8) is 0 Å². The summed E-state index contributed by atoms with van der Waals surface area (Å²) in [6.45, 7) is 8.88. The summed E-state index contributed by atoms with van der Waals surface area (Å²) in [5.41, 5.74) is 5.20. The Bertz CT molecular complexity index is 1600. The molecule has 2 atom stereocenters. The fraction of sp³-hybridized carbons (Fsp3) is 0.429. The lowest BCUT2D eigenvalue weighted by Crippen LogP contribution is -2.57. The van der Waals surface area contributed by atoms with Crippen LogP contribution < -0.4 is 10.6 Å². The molecule has 266 valence electrons. The number of nitrogens with two attached hydrogens (primary N) is 1. The second-order valence-corrected chi connectivity index (χ2v) is 13.3. The molecule has 2 heterocycles. The van der Waals surface area contributed by atoms with Crippen LogP contribution in [0.4, 0.5) is 32.0 Å². The second kappa shape index (κ2) is 15.6. The molecule has 0 spiro atoms. The van der Waals surface area contributed by atoms with Gasteiger partial charge in [-0.3, -0.25) is 14.5 Å². The lowest BCUT2D eigenvalue weighted by atomic mass is 9.90. The van der Waals surface area contributed by atoms with Crippen molar-refractivity contribution in [1.29, 1.82) is 0 Å². The summed E-state index contributed by atoms with van der Waals surface area (Å²) in [4.78, 5) is 29.1. The number of hydrogen-bond donors (Lipinski definition) is 1. The SMILES string of the molecule is CC(N)=O.Cc1cccc(C)c1N1CCN(C2CCN(C(=O)c3cc(C(F)(F)F)cc(C(F)(F)F)c3)C(Cc3ccc(Cl)c(Cl)c3)C2)CC1. The molecule has 2 aliphatic heterocycles. The van der Waals surface area contributed by atoms with Crippen molar-refractivity contribution >= 4 is 40.7 Å². The third-order valence-electron chi connectivity index (χ3n) is 8.83. The van der Waals surface area contributed by atoms with Gasteiger partial charge in [0, 0.05) is 63.0 Å². The van der Waals surface area contributed by atoms with Crippen molar-refractivity contribution in [1.82, 2.24) is 9.80 Å². The molecule has 5 rings (SSSR count). The van der Waals surface area contributed by atoms with Gasteiger partial charge in [0.05, 0.1) is 21.2 Å². The molecule has 2 amide bonds. The minimum Gasteiger partial charge on any atom is -0.370 e. The highest BCUT2D eigenvalue weighted by Gasteiger charge is 2.40. The van der Waals surface area contributed by atoms with E-state index in [4.69, 9.17) is 23.2 Å². The van der Waals surface area contributed by atoms with Crippen LogP contribution in [0.3, 0.4) is 0 Å². The Morgan fingerprint density at radius 2 is 1.37 bits per heavy atom. The number of anilines is 1. The fourth-order valence-corrected chi connectivity index (χ4v) is 6.94. The molecule has 2 N–H and O–H groups in total. The van der Waals surface area contributed by atoms with E-state index in [9.17, 15) is 35.9 Å². The largest absolute Gasteiger partial charge is 0.416 e. The molecular formula is C35H38Cl2F6N4O2. The number of aryl methyl sites for hydroxylation is 2. The van der Waals surface area contributed by atoms with Crippen molar-refractivity contribution in [3.8, 4) is 0 Å². The topological polar surface area (TPSA) is 69.9 Å². The smallest absolute Gasteiger partial charge is 0.370 e. The summed E-state index contributed by atoms with van der Waals surface area (Å²) >= 11 is 12.3. The highest BCUT2D eigenvalue weighted by Crippen LogP contribution is 2.38. The second-order valence-electron chi connectivity index (χ2n) is 12.5. The monoisotopic (exact) mass is 730 g/mol. The Kier molecular flexibility index (Phi) is 12.2. The van der Waals surface area contributed by atoms with Gasteiger partial charge in [-0.1, -0.05) is 47.5 Å². The van der Waals surface area contributed by atoms with E-state index in [1.54, 1.807) is 18.2 Å². The van der Waals surface area contributed by atoms with Crippen molar-refractivity contribution in [2.24, 2.45) is 5.73 Å². The summed E-state index contributed by atoms with van der Waals surface area (Å²) in [6.07, 6.45) is -8.76. The summed E-state index contributed by atoms with van der Waals surface area (Å²) in [6, 6.07) is 11.9. The number of nitrogens with zero attached hydrogens (tertiary/aromatic N) is 3. The maximum absolute atomic E-state index is 13.8. The molecule has 2 fully saturated rings. The highest BCUT2D eigenvalue weighted by molar-refractivity contribution is 6.42. The lowest BCUT2D eigenvalue weighted by Gasteiger charge is -2.47. The molecule has 0 radical (unpaired) electrons. The first kappa shape index (κ1) is 38.3. The van der Waals surface area contributed by atoms with Crippen LogP contribution in [0.1, 0.15) is 57.9 Å². The predicted octanol–water partition coefficient (Wildman–Crippen LogP) is 8.18. The molecule has 2 aliphatic rings. The first-order valence-electron chi connectivity index (χ1n) is 15.7. The Morgan fingerprint density at radius 1 is 0.816 bits per heavy atom. The zero-order chi connectivity index (χ0) is 36.3. The molecule has 2 unspecified atom stereocenters. The van der Waals surface area contributed by atoms with Gasteiger partial charge in [0.15, 0.2) is 0 Å². The predicted molar refractivity (Wildman–Crippen MR) is 179 cm³/mol. The molecule has 2 saturated heterocycles. The number of carbonyl (C=O) groups is 2. The van der Waals surface area contributed by atoms with Gasteiger partial charge in [-0.15, -0.1) is 0 Å². The highest BCUT2D eigenvalue weighted by atomic mass is 35.5. The van der Waals surface area contributed by atoms with E-state index in [0.29, 0.717) is 41.4 Å². The number of halogens is 8. The van der Waals surface area contributed by atoms with Crippen molar-refractivity contribution in [2.75, 3.05) is 37.6 Å². The van der Waals surface area contributed by atoms with E-state index in [-0.39, 0.29) is 24.6 Å². The van der Waals surface area contributed by atoms with E-state index in [1.165, 1.54) is 28.6 Å².